The van der Waals surface area contributed by atoms with Gasteiger partial charge in [-0.05, 0) is 31.2 Å². The molecule has 2 rings (SSSR count). The van der Waals surface area contributed by atoms with Crippen LogP contribution in [0.3, 0.4) is 0 Å². The van der Waals surface area contributed by atoms with E-state index >= 15 is 0 Å². The van der Waals surface area contributed by atoms with Crippen LogP contribution in [0.4, 0.5) is 0 Å². The summed E-state index contributed by atoms with van der Waals surface area (Å²) in [6, 6.07) is 0. The standard InChI is InChI=1S/C10H17NO2/c12-10(13)9-6-11-4-3-8(9)5-7-1-2-7/h7-9,11H,1-6H2,(H,12,13). The Hall–Kier alpha value is -0.570. The Labute approximate surface area is 78.5 Å². The molecule has 3 heteroatoms. The molecule has 2 atom stereocenters. The van der Waals surface area contributed by atoms with Gasteiger partial charge in [-0.1, -0.05) is 12.8 Å². The molecular weight excluding hydrogens is 166 g/mol. The summed E-state index contributed by atoms with van der Waals surface area (Å²) in [6.07, 6.45) is 4.86. The summed E-state index contributed by atoms with van der Waals surface area (Å²) in [5.74, 6) is 0.545. The van der Waals surface area contributed by atoms with E-state index in [9.17, 15) is 4.79 Å². The number of rotatable bonds is 3. The fourth-order valence-electron chi connectivity index (χ4n) is 2.27. The van der Waals surface area contributed by atoms with Crippen molar-refractivity contribution in [3.63, 3.8) is 0 Å². The topological polar surface area (TPSA) is 49.3 Å². The highest BCUT2D eigenvalue weighted by Gasteiger charge is 2.34. The third-order valence-corrected chi connectivity index (χ3v) is 3.28. The predicted molar refractivity (Wildman–Crippen MR) is 49.4 cm³/mol. The van der Waals surface area contributed by atoms with E-state index in [1.165, 1.54) is 12.8 Å². The Balaban J connectivity index is 1.90. The summed E-state index contributed by atoms with van der Waals surface area (Å²) < 4.78 is 0. The lowest BCUT2D eigenvalue weighted by Crippen LogP contribution is -2.41. The number of hydrogen-bond donors (Lipinski definition) is 2. The van der Waals surface area contributed by atoms with Crippen molar-refractivity contribution >= 4 is 5.97 Å². The van der Waals surface area contributed by atoms with Gasteiger partial charge >= 0.3 is 5.97 Å². The molecule has 3 nitrogen and oxygen atoms in total. The SMILES string of the molecule is O=C(O)C1CNCCC1CC1CC1. The van der Waals surface area contributed by atoms with Crippen molar-refractivity contribution in [1.82, 2.24) is 5.32 Å². The van der Waals surface area contributed by atoms with Gasteiger partial charge in [0.2, 0.25) is 0 Å². The Morgan fingerprint density at radius 1 is 1.38 bits per heavy atom. The van der Waals surface area contributed by atoms with Crippen LogP contribution in [-0.2, 0) is 4.79 Å². The Bertz CT molecular complexity index is 201. The molecule has 1 aliphatic carbocycles. The molecule has 1 saturated heterocycles. The number of hydrogen-bond acceptors (Lipinski definition) is 2. The lowest BCUT2D eigenvalue weighted by molar-refractivity contribution is -0.144. The normalized spacial score (nSPS) is 34.5. The van der Waals surface area contributed by atoms with E-state index in [1.807, 2.05) is 0 Å². The molecule has 0 amide bonds. The van der Waals surface area contributed by atoms with Crippen LogP contribution >= 0.6 is 0 Å². The third-order valence-electron chi connectivity index (χ3n) is 3.28. The molecular formula is C10H17NO2. The molecule has 74 valence electrons. The Morgan fingerprint density at radius 2 is 2.15 bits per heavy atom. The van der Waals surface area contributed by atoms with Crippen molar-refractivity contribution < 1.29 is 9.90 Å². The van der Waals surface area contributed by atoms with Gasteiger partial charge in [-0.2, -0.15) is 0 Å². The van der Waals surface area contributed by atoms with Crippen molar-refractivity contribution in [3.05, 3.63) is 0 Å². The van der Waals surface area contributed by atoms with Crippen LogP contribution in [0.1, 0.15) is 25.7 Å². The molecule has 2 fully saturated rings. The fourth-order valence-corrected chi connectivity index (χ4v) is 2.27. The second kappa shape index (κ2) is 3.66. The van der Waals surface area contributed by atoms with E-state index < -0.39 is 5.97 Å². The summed E-state index contributed by atoms with van der Waals surface area (Å²) in [5.41, 5.74) is 0. The van der Waals surface area contributed by atoms with Crippen molar-refractivity contribution in [2.45, 2.75) is 25.7 Å². The molecule has 1 heterocycles. The van der Waals surface area contributed by atoms with E-state index in [-0.39, 0.29) is 5.92 Å². The van der Waals surface area contributed by atoms with Crippen LogP contribution in [0, 0.1) is 17.8 Å². The fraction of sp³-hybridized carbons (Fsp3) is 0.900. The van der Waals surface area contributed by atoms with Gasteiger partial charge in [0, 0.05) is 6.54 Å². The van der Waals surface area contributed by atoms with E-state index in [2.05, 4.69) is 5.32 Å². The second-order valence-electron chi connectivity index (χ2n) is 4.38. The van der Waals surface area contributed by atoms with Crippen LogP contribution in [0.25, 0.3) is 0 Å². The van der Waals surface area contributed by atoms with Gasteiger partial charge in [0.15, 0.2) is 0 Å². The number of carbonyl (C=O) groups is 1. The zero-order valence-corrected chi connectivity index (χ0v) is 7.83. The maximum absolute atomic E-state index is 10.9. The van der Waals surface area contributed by atoms with E-state index in [4.69, 9.17) is 5.11 Å². The van der Waals surface area contributed by atoms with Gasteiger partial charge < -0.3 is 10.4 Å². The molecule has 1 saturated carbocycles. The molecule has 0 radical (unpaired) electrons. The highest BCUT2D eigenvalue weighted by Crippen LogP contribution is 2.39. The minimum absolute atomic E-state index is 0.130. The first-order valence-corrected chi connectivity index (χ1v) is 5.21. The zero-order chi connectivity index (χ0) is 9.26. The second-order valence-corrected chi connectivity index (χ2v) is 4.38. The molecule has 2 unspecified atom stereocenters. The monoisotopic (exact) mass is 183 g/mol. The number of carboxylic acids is 1. The molecule has 0 aromatic carbocycles. The summed E-state index contributed by atoms with van der Waals surface area (Å²) in [5, 5.41) is 12.2. The first-order valence-electron chi connectivity index (χ1n) is 5.21. The van der Waals surface area contributed by atoms with Gasteiger partial charge in [0.25, 0.3) is 0 Å². The third kappa shape index (κ3) is 2.21. The highest BCUT2D eigenvalue weighted by molar-refractivity contribution is 5.70. The van der Waals surface area contributed by atoms with Gasteiger partial charge in [0.1, 0.15) is 0 Å². The quantitative estimate of drug-likeness (QED) is 0.688. The molecule has 0 aromatic heterocycles. The minimum Gasteiger partial charge on any atom is -0.481 e. The molecule has 2 aliphatic rings. The average molecular weight is 183 g/mol. The molecule has 0 spiro atoms. The lowest BCUT2D eigenvalue weighted by atomic mass is 9.83. The van der Waals surface area contributed by atoms with Crippen LogP contribution in [0.15, 0.2) is 0 Å². The van der Waals surface area contributed by atoms with Gasteiger partial charge in [-0.3, -0.25) is 4.79 Å². The molecule has 0 bridgehead atoms. The molecule has 13 heavy (non-hydrogen) atoms. The summed E-state index contributed by atoms with van der Waals surface area (Å²) >= 11 is 0. The van der Waals surface area contributed by atoms with E-state index in [0.29, 0.717) is 12.5 Å². The van der Waals surface area contributed by atoms with Crippen LogP contribution in [-0.4, -0.2) is 24.2 Å². The Morgan fingerprint density at radius 3 is 2.77 bits per heavy atom. The van der Waals surface area contributed by atoms with Gasteiger partial charge in [0.05, 0.1) is 5.92 Å². The first-order chi connectivity index (χ1) is 6.27. The number of piperidine rings is 1. The molecule has 2 N–H and O–H groups in total. The van der Waals surface area contributed by atoms with Crippen LogP contribution < -0.4 is 5.32 Å². The number of nitrogens with one attached hydrogen (secondary N) is 1. The predicted octanol–water partition coefficient (Wildman–Crippen LogP) is 1.10. The van der Waals surface area contributed by atoms with Crippen molar-refractivity contribution in [3.8, 4) is 0 Å². The van der Waals surface area contributed by atoms with Gasteiger partial charge in [-0.15, -0.1) is 0 Å². The van der Waals surface area contributed by atoms with Gasteiger partial charge in [-0.25, -0.2) is 0 Å². The maximum atomic E-state index is 10.9. The van der Waals surface area contributed by atoms with Crippen molar-refractivity contribution in [2.24, 2.45) is 17.8 Å². The summed E-state index contributed by atoms with van der Waals surface area (Å²) in [6.45, 7) is 1.67. The number of carboxylic acid groups (broad SMARTS) is 1. The summed E-state index contributed by atoms with van der Waals surface area (Å²) in [7, 11) is 0. The smallest absolute Gasteiger partial charge is 0.308 e. The van der Waals surface area contributed by atoms with Crippen LogP contribution in [0.2, 0.25) is 0 Å². The van der Waals surface area contributed by atoms with Crippen molar-refractivity contribution in [1.29, 1.82) is 0 Å². The van der Waals surface area contributed by atoms with E-state index in [1.54, 1.807) is 0 Å². The average Bonchev–Trinajstić information content (AvgIpc) is 2.89. The van der Waals surface area contributed by atoms with Crippen molar-refractivity contribution in [2.75, 3.05) is 13.1 Å². The van der Waals surface area contributed by atoms with Crippen LogP contribution in [0.5, 0.6) is 0 Å². The maximum Gasteiger partial charge on any atom is 0.308 e. The Kier molecular flexibility index (Phi) is 2.54. The minimum atomic E-state index is -0.613. The molecule has 1 aliphatic heterocycles. The van der Waals surface area contributed by atoms with E-state index in [0.717, 1.165) is 25.3 Å². The highest BCUT2D eigenvalue weighted by atomic mass is 16.4. The lowest BCUT2D eigenvalue weighted by Gasteiger charge is -2.29. The molecule has 0 aromatic rings. The zero-order valence-electron chi connectivity index (χ0n) is 7.83. The first kappa shape index (κ1) is 9.00. The largest absolute Gasteiger partial charge is 0.481 e. The number of aliphatic carboxylic acids is 1. The summed E-state index contributed by atoms with van der Waals surface area (Å²) in [4.78, 5) is 10.9.